The summed E-state index contributed by atoms with van der Waals surface area (Å²) in [6.45, 7) is 1.55. The van der Waals surface area contributed by atoms with E-state index in [9.17, 15) is 0 Å². The molecular weight excluding hydrogens is 388 g/mol. The third kappa shape index (κ3) is 4.07. The van der Waals surface area contributed by atoms with Crippen molar-refractivity contribution >= 4 is 39.9 Å². The van der Waals surface area contributed by atoms with Crippen molar-refractivity contribution in [2.24, 2.45) is 22.1 Å². The number of amidine groups is 1. The maximum atomic E-state index is 6.13. The number of ether oxygens (including phenoxy) is 1. The first kappa shape index (κ1) is 19.7. The summed E-state index contributed by atoms with van der Waals surface area (Å²) in [6.07, 6.45) is 5.32. The molecule has 1 aromatic rings. The standard InChI is InChI=1S/C21H28N4OS2/c1-25(2)10-11-26-16-7-5-15(6-8-16)23-20(27)24-19(22)28-13-21-9-3-4-14-12-17(21)18(14)21/h5-8,17H,3-4,9-13H2,1-2H3,(H3,22,23,24,27). The van der Waals surface area contributed by atoms with Gasteiger partial charge in [0.1, 0.15) is 12.4 Å². The molecule has 150 valence electrons. The Morgan fingerprint density at radius 1 is 1.39 bits per heavy atom. The second-order valence-corrected chi connectivity index (χ2v) is 9.51. The van der Waals surface area contributed by atoms with Crippen LogP contribution in [-0.2, 0) is 0 Å². The predicted molar refractivity (Wildman–Crippen MR) is 122 cm³/mol. The fourth-order valence-corrected chi connectivity index (χ4v) is 5.83. The van der Waals surface area contributed by atoms with Gasteiger partial charge in [-0.1, -0.05) is 22.9 Å². The van der Waals surface area contributed by atoms with Gasteiger partial charge in [-0.05, 0) is 82.2 Å². The molecule has 1 aromatic carbocycles. The van der Waals surface area contributed by atoms with Gasteiger partial charge in [-0.15, -0.1) is 0 Å². The molecule has 2 atom stereocenters. The van der Waals surface area contributed by atoms with Crippen molar-refractivity contribution in [2.75, 3.05) is 38.3 Å². The van der Waals surface area contributed by atoms with Gasteiger partial charge in [0, 0.05) is 23.4 Å². The number of hydrogen-bond donors (Lipinski definition) is 2. The van der Waals surface area contributed by atoms with E-state index in [-0.39, 0.29) is 0 Å². The molecule has 0 amide bonds. The summed E-state index contributed by atoms with van der Waals surface area (Å²) in [5.74, 6) is 2.75. The van der Waals surface area contributed by atoms with Crippen LogP contribution < -0.4 is 15.8 Å². The number of anilines is 1. The van der Waals surface area contributed by atoms with Gasteiger partial charge < -0.3 is 20.7 Å². The van der Waals surface area contributed by atoms with Gasteiger partial charge in [0.15, 0.2) is 10.3 Å². The van der Waals surface area contributed by atoms with E-state index in [4.69, 9.17) is 22.7 Å². The van der Waals surface area contributed by atoms with Crippen molar-refractivity contribution in [2.45, 2.75) is 25.7 Å². The monoisotopic (exact) mass is 416 g/mol. The number of nitrogens with one attached hydrogen (secondary N) is 1. The van der Waals surface area contributed by atoms with Crippen LogP contribution in [0.4, 0.5) is 5.69 Å². The maximum Gasteiger partial charge on any atom is 0.199 e. The molecule has 0 aliphatic heterocycles. The normalized spacial score (nSPS) is 25.2. The first-order chi connectivity index (χ1) is 13.5. The number of thiocarbonyl (C=S) groups is 1. The van der Waals surface area contributed by atoms with Crippen LogP contribution in [0.5, 0.6) is 5.75 Å². The Hall–Kier alpha value is -1.57. The van der Waals surface area contributed by atoms with Crippen LogP contribution in [0.2, 0.25) is 0 Å². The molecule has 1 fully saturated rings. The Morgan fingerprint density at radius 2 is 2.18 bits per heavy atom. The van der Waals surface area contributed by atoms with Gasteiger partial charge in [-0.3, -0.25) is 0 Å². The van der Waals surface area contributed by atoms with Gasteiger partial charge in [0.05, 0.1) is 0 Å². The molecular formula is C21H28N4OS2. The van der Waals surface area contributed by atoms with Crippen molar-refractivity contribution in [3.63, 3.8) is 0 Å². The van der Waals surface area contributed by atoms with Crippen molar-refractivity contribution in [3.8, 4) is 5.75 Å². The van der Waals surface area contributed by atoms with Gasteiger partial charge in [-0.25, -0.2) is 0 Å². The van der Waals surface area contributed by atoms with Crippen molar-refractivity contribution < 1.29 is 4.74 Å². The van der Waals surface area contributed by atoms with Crippen LogP contribution in [0.15, 0.2) is 40.4 Å². The Labute approximate surface area is 176 Å². The molecule has 1 saturated carbocycles. The SMILES string of the molecule is CN(C)CCOc1ccc(NC(=S)/N=C(\N)SCC23CCCC4=C2C3C4)cc1. The quantitative estimate of drug-likeness (QED) is 0.304. The highest BCUT2D eigenvalue weighted by Gasteiger charge is 2.66. The molecule has 0 heterocycles. The molecule has 0 radical (unpaired) electrons. The van der Waals surface area contributed by atoms with E-state index < -0.39 is 0 Å². The summed E-state index contributed by atoms with van der Waals surface area (Å²) in [7, 11) is 4.06. The molecule has 2 unspecified atom stereocenters. The molecule has 28 heavy (non-hydrogen) atoms. The van der Waals surface area contributed by atoms with Gasteiger partial charge in [0.2, 0.25) is 0 Å². The van der Waals surface area contributed by atoms with Crippen molar-refractivity contribution in [3.05, 3.63) is 35.4 Å². The van der Waals surface area contributed by atoms with Crippen LogP contribution in [0.1, 0.15) is 25.7 Å². The average Bonchev–Trinajstić information content (AvgIpc) is 3.25. The molecule has 0 spiro atoms. The summed E-state index contributed by atoms with van der Waals surface area (Å²) < 4.78 is 5.70. The van der Waals surface area contributed by atoms with E-state index in [0.29, 0.717) is 22.3 Å². The first-order valence-electron chi connectivity index (χ1n) is 9.86. The lowest BCUT2D eigenvalue weighted by molar-refractivity contribution is 0.261. The zero-order valence-corrected chi connectivity index (χ0v) is 18.2. The van der Waals surface area contributed by atoms with Gasteiger partial charge in [0.25, 0.3) is 0 Å². The van der Waals surface area contributed by atoms with E-state index in [1.54, 1.807) is 22.9 Å². The van der Waals surface area contributed by atoms with Crippen LogP contribution in [0, 0.1) is 11.3 Å². The lowest BCUT2D eigenvalue weighted by Crippen LogP contribution is -2.19. The van der Waals surface area contributed by atoms with Crippen LogP contribution in [0.25, 0.3) is 0 Å². The fraction of sp³-hybridized carbons (Fsp3) is 0.524. The molecule has 4 rings (SSSR count). The first-order valence-corrected chi connectivity index (χ1v) is 11.3. The number of nitrogens with zero attached hydrogens (tertiary/aromatic N) is 2. The van der Waals surface area contributed by atoms with Crippen molar-refractivity contribution in [1.29, 1.82) is 0 Å². The van der Waals surface area contributed by atoms with E-state index >= 15 is 0 Å². The molecule has 3 N–H and O–H groups in total. The zero-order chi connectivity index (χ0) is 19.7. The van der Waals surface area contributed by atoms with E-state index in [1.165, 1.54) is 25.7 Å². The van der Waals surface area contributed by atoms with Crippen molar-refractivity contribution in [1.82, 2.24) is 4.90 Å². The minimum atomic E-state index is 0.395. The molecule has 0 aromatic heterocycles. The summed E-state index contributed by atoms with van der Waals surface area (Å²) in [5.41, 5.74) is 11.0. The minimum absolute atomic E-state index is 0.395. The second kappa shape index (κ2) is 8.05. The number of thioether (sulfide) groups is 1. The summed E-state index contributed by atoms with van der Waals surface area (Å²) in [4.78, 5) is 6.45. The smallest absolute Gasteiger partial charge is 0.199 e. The highest BCUT2D eigenvalue weighted by atomic mass is 32.2. The van der Waals surface area contributed by atoms with Gasteiger partial charge >= 0.3 is 0 Å². The minimum Gasteiger partial charge on any atom is -0.492 e. The third-order valence-corrected chi connectivity index (χ3v) is 7.24. The number of fused-ring (bicyclic) bond motifs is 1. The number of nitrogens with two attached hydrogens (primary N) is 1. The lowest BCUT2D eigenvalue weighted by atomic mass is 9.92. The van der Waals surface area contributed by atoms with E-state index in [2.05, 4.69) is 15.2 Å². The average molecular weight is 417 g/mol. The Bertz CT molecular complexity index is 818. The third-order valence-electron chi connectivity index (χ3n) is 6.00. The van der Waals surface area contributed by atoms with Crippen LogP contribution in [-0.4, -0.2) is 48.2 Å². The second-order valence-electron chi connectivity index (χ2n) is 8.13. The zero-order valence-electron chi connectivity index (χ0n) is 16.5. The molecule has 5 nitrogen and oxygen atoms in total. The summed E-state index contributed by atoms with van der Waals surface area (Å²) >= 11 is 6.99. The summed E-state index contributed by atoms with van der Waals surface area (Å²) in [6, 6.07) is 7.73. The van der Waals surface area contributed by atoms with E-state index in [0.717, 1.165) is 29.7 Å². The van der Waals surface area contributed by atoms with Gasteiger partial charge in [-0.2, -0.15) is 4.99 Å². The molecule has 0 saturated heterocycles. The Kier molecular flexibility index (Phi) is 5.67. The maximum absolute atomic E-state index is 6.13. The molecule has 3 aliphatic rings. The molecule has 3 aliphatic carbocycles. The Balaban J connectivity index is 1.23. The number of hydrogen-bond acceptors (Lipinski definition) is 4. The number of allylic oxidation sites excluding steroid dienone is 2. The fourth-order valence-electron chi connectivity index (χ4n) is 4.50. The van der Waals surface area contributed by atoms with E-state index in [1.807, 2.05) is 38.4 Å². The number of rotatable bonds is 7. The number of aliphatic imine (C=N–C) groups is 1. The highest BCUT2D eigenvalue weighted by Crippen LogP contribution is 2.75. The largest absolute Gasteiger partial charge is 0.492 e. The number of benzene rings is 1. The number of likely N-dealkylation sites (N-methyl/N-ethyl adjacent to an activating group) is 1. The van der Waals surface area contributed by atoms with Crippen LogP contribution >= 0.6 is 24.0 Å². The highest BCUT2D eigenvalue weighted by molar-refractivity contribution is 8.13. The topological polar surface area (TPSA) is 62.9 Å². The lowest BCUT2D eigenvalue weighted by Gasteiger charge is -2.17. The molecule has 0 bridgehead atoms. The summed E-state index contributed by atoms with van der Waals surface area (Å²) in [5, 5.41) is 4.07. The van der Waals surface area contributed by atoms with Crippen LogP contribution in [0.3, 0.4) is 0 Å². The molecule has 7 heteroatoms. The predicted octanol–water partition coefficient (Wildman–Crippen LogP) is 3.87. The Morgan fingerprint density at radius 3 is 2.93 bits per heavy atom.